The lowest BCUT2D eigenvalue weighted by molar-refractivity contribution is 0.103. The molecule has 20 heavy (non-hydrogen) atoms. The van der Waals surface area contributed by atoms with Crippen LogP contribution < -0.4 is 5.32 Å². The Kier molecular flexibility index (Phi) is 4.74. The zero-order valence-corrected chi connectivity index (χ0v) is 12.2. The van der Waals surface area contributed by atoms with E-state index >= 15 is 0 Å². The molecule has 0 aliphatic heterocycles. The minimum Gasteiger partial charge on any atom is -0.384 e. The molecule has 0 saturated carbocycles. The number of amides is 1. The van der Waals surface area contributed by atoms with Crippen molar-refractivity contribution < 1.29 is 9.90 Å². The van der Waals surface area contributed by atoms with Gasteiger partial charge in [0.25, 0.3) is 5.91 Å². The van der Waals surface area contributed by atoms with E-state index < -0.39 is 0 Å². The maximum atomic E-state index is 12.0. The van der Waals surface area contributed by atoms with E-state index in [1.54, 1.807) is 18.2 Å². The van der Waals surface area contributed by atoms with Gasteiger partial charge in [-0.05, 0) is 25.1 Å². The number of nitrogens with one attached hydrogen (secondary N) is 1. The first-order valence-electron chi connectivity index (χ1n) is 5.73. The topological polar surface area (TPSA) is 62.2 Å². The summed E-state index contributed by atoms with van der Waals surface area (Å²) >= 11 is 7.35. The van der Waals surface area contributed by atoms with Crippen molar-refractivity contribution in [3.05, 3.63) is 44.9 Å². The lowest BCUT2D eigenvalue weighted by Gasteiger charge is -2.06. The first kappa shape index (κ1) is 14.5. The first-order chi connectivity index (χ1) is 9.60. The number of aliphatic hydroxyl groups is 1. The van der Waals surface area contributed by atoms with Crippen molar-refractivity contribution >= 4 is 34.5 Å². The van der Waals surface area contributed by atoms with Gasteiger partial charge in [0.1, 0.15) is 11.5 Å². The highest BCUT2D eigenvalue weighted by Gasteiger charge is 2.11. The molecule has 0 aliphatic rings. The number of aliphatic hydroxyl groups excluding tert-OH is 1. The Morgan fingerprint density at radius 3 is 3.00 bits per heavy atom. The summed E-state index contributed by atoms with van der Waals surface area (Å²) in [7, 11) is 0. The van der Waals surface area contributed by atoms with Gasteiger partial charge in [-0.2, -0.15) is 0 Å². The van der Waals surface area contributed by atoms with Gasteiger partial charge in [0.05, 0.1) is 21.9 Å². The van der Waals surface area contributed by atoms with Gasteiger partial charge in [0, 0.05) is 5.56 Å². The standard InChI is InChI=1S/C14H11ClN2O2S/c1-9-16-8-13(20-9)14(19)17-12-7-10(3-2-6-18)4-5-11(12)15/h4-5,7-8,18H,6H2,1H3,(H,17,19). The number of thiazole rings is 1. The van der Waals surface area contributed by atoms with Crippen molar-refractivity contribution in [2.24, 2.45) is 0 Å². The number of hydrogen-bond donors (Lipinski definition) is 2. The number of benzene rings is 1. The molecule has 0 unspecified atom stereocenters. The average Bonchev–Trinajstić information content (AvgIpc) is 2.86. The molecular formula is C14H11ClN2O2S. The molecule has 1 aromatic carbocycles. The number of aryl methyl sites for hydroxylation is 1. The minimum atomic E-state index is -0.259. The third-order valence-corrected chi connectivity index (χ3v) is 3.61. The number of aromatic nitrogens is 1. The molecule has 0 atom stereocenters. The van der Waals surface area contributed by atoms with Gasteiger partial charge in [-0.3, -0.25) is 4.79 Å². The summed E-state index contributed by atoms with van der Waals surface area (Å²) in [5, 5.41) is 12.6. The van der Waals surface area contributed by atoms with E-state index in [0.29, 0.717) is 21.2 Å². The Morgan fingerprint density at radius 2 is 2.35 bits per heavy atom. The molecule has 4 nitrogen and oxygen atoms in total. The fourth-order valence-electron chi connectivity index (χ4n) is 1.49. The molecule has 1 aromatic heterocycles. The van der Waals surface area contributed by atoms with Gasteiger partial charge in [0.2, 0.25) is 0 Å². The van der Waals surface area contributed by atoms with E-state index in [9.17, 15) is 4.79 Å². The predicted octanol–water partition coefficient (Wildman–Crippen LogP) is 2.70. The molecule has 0 fully saturated rings. The van der Waals surface area contributed by atoms with Crippen molar-refractivity contribution in [2.75, 3.05) is 11.9 Å². The zero-order valence-electron chi connectivity index (χ0n) is 10.6. The van der Waals surface area contributed by atoms with Crippen molar-refractivity contribution in [3.8, 4) is 11.8 Å². The lowest BCUT2D eigenvalue weighted by Crippen LogP contribution is -2.10. The Hall–Kier alpha value is -1.87. The van der Waals surface area contributed by atoms with Crippen LogP contribution in [0.25, 0.3) is 0 Å². The molecule has 0 bridgehead atoms. The van der Waals surface area contributed by atoms with Crippen LogP contribution in [0, 0.1) is 18.8 Å². The number of anilines is 1. The summed E-state index contributed by atoms with van der Waals surface area (Å²) in [6, 6.07) is 5.03. The number of nitrogens with zero attached hydrogens (tertiary/aromatic N) is 1. The second-order valence-electron chi connectivity index (χ2n) is 3.85. The Balaban J connectivity index is 2.22. The second kappa shape index (κ2) is 6.53. The van der Waals surface area contributed by atoms with E-state index in [0.717, 1.165) is 5.01 Å². The maximum absolute atomic E-state index is 12.0. The molecule has 0 radical (unpaired) electrons. The number of carbonyl (C=O) groups is 1. The summed E-state index contributed by atoms with van der Waals surface area (Å²) in [5.74, 6) is 5.04. The Morgan fingerprint density at radius 1 is 1.55 bits per heavy atom. The largest absolute Gasteiger partial charge is 0.384 e. The van der Waals surface area contributed by atoms with Gasteiger partial charge >= 0.3 is 0 Å². The maximum Gasteiger partial charge on any atom is 0.267 e. The molecule has 0 aliphatic carbocycles. The van der Waals surface area contributed by atoms with E-state index in [1.807, 2.05) is 6.92 Å². The molecule has 2 N–H and O–H groups in total. The van der Waals surface area contributed by atoms with Crippen LogP contribution in [0.5, 0.6) is 0 Å². The molecule has 2 aromatic rings. The summed E-state index contributed by atoms with van der Waals surface area (Å²) in [4.78, 5) is 16.6. The SMILES string of the molecule is Cc1ncc(C(=O)Nc2cc(C#CCO)ccc2Cl)s1. The molecule has 2 rings (SSSR count). The van der Waals surface area contributed by atoms with Crippen LogP contribution in [0.2, 0.25) is 5.02 Å². The van der Waals surface area contributed by atoms with Crippen LogP contribution in [0.4, 0.5) is 5.69 Å². The van der Waals surface area contributed by atoms with Crippen molar-refractivity contribution in [3.63, 3.8) is 0 Å². The van der Waals surface area contributed by atoms with E-state index in [4.69, 9.17) is 16.7 Å². The average molecular weight is 307 g/mol. The molecule has 102 valence electrons. The summed E-state index contributed by atoms with van der Waals surface area (Å²) in [6.45, 7) is 1.62. The minimum absolute atomic E-state index is 0.218. The summed E-state index contributed by atoms with van der Waals surface area (Å²) < 4.78 is 0. The van der Waals surface area contributed by atoms with Gasteiger partial charge in [0.15, 0.2) is 0 Å². The molecule has 0 spiro atoms. The summed E-state index contributed by atoms with van der Waals surface area (Å²) in [6.07, 6.45) is 1.53. The van der Waals surface area contributed by atoms with Crippen molar-refractivity contribution in [2.45, 2.75) is 6.92 Å². The predicted molar refractivity (Wildman–Crippen MR) is 80.2 cm³/mol. The molecule has 0 saturated heterocycles. The third-order valence-electron chi connectivity index (χ3n) is 2.37. The quantitative estimate of drug-likeness (QED) is 0.839. The molecular weight excluding hydrogens is 296 g/mol. The van der Waals surface area contributed by atoms with Crippen LogP contribution in [0.15, 0.2) is 24.4 Å². The smallest absolute Gasteiger partial charge is 0.267 e. The van der Waals surface area contributed by atoms with Crippen LogP contribution in [-0.2, 0) is 0 Å². The highest BCUT2D eigenvalue weighted by molar-refractivity contribution is 7.13. The number of rotatable bonds is 2. The van der Waals surface area contributed by atoms with Gasteiger partial charge in [-0.1, -0.05) is 23.4 Å². The first-order valence-corrected chi connectivity index (χ1v) is 6.92. The highest BCUT2D eigenvalue weighted by atomic mass is 35.5. The van der Waals surface area contributed by atoms with Crippen LogP contribution in [0.3, 0.4) is 0 Å². The molecule has 1 heterocycles. The van der Waals surface area contributed by atoms with Gasteiger partial charge < -0.3 is 10.4 Å². The highest BCUT2D eigenvalue weighted by Crippen LogP contribution is 2.24. The monoisotopic (exact) mass is 306 g/mol. The second-order valence-corrected chi connectivity index (χ2v) is 5.49. The molecule has 1 amide bonds. The molecule has 6 heteroatoms. The van der Waals surface area contributed by atoms with Crippen molar-refractivity contribution in [1.29, 1.82) is 0 Å². The number of hydrogen-bond acceptors (Lipinski definition) is 4. The van der Waals surface area contributed by atoms with Crippen LogP contribution >= 0.6 is 22.9 Å². The van der Waals surface area contributed by atoms with Crippen LogP contribution in [0.1, 0.15) is 20.2 Å². The number of carbonyl (C=O) groups excluding carboxylic acids is 1. The van der Waals surface area contributed by atoms with Gasteiger partial charge in [-0.25, -0.2) is 4.98 Å². The van der Waals surface area contributed by atoms with Crippen LogP contribution in [-0.4, -0.2) is 22.6 Å². The summed E-state index contributed by atoms with van der Waals surface area (Å²) in [5.41, 5.74) is 1.15. The van der Waals surface area contributed by atoms with Gasteiger partial charge in [-0.15, -0.1) is 11.3 Å². The van der Waals surface area contributed by atoms with E-state index in [1.165, 1.54) is 17.5 Å². The van der Waals surface area contributed by atoms with Crippen molar-refractivity contribution in [1.82, 2.24) is 4.98 Å². The van der Waals surface area contributed by atoms with E-state index in [-0.39, 0.29) is 12.5 Å². The Labute approximate surface area is 125 Å². The lowest BCUT2D eigenvalue weighted by atomic mass is 10.2. The fraction of sp³-hybridized carbons (Fsp3) is 0.143. The fourth-order valence-corrected chi connectivity index (χ4v) is 2.33. The van der Waals surface area contributed by atoms with E-state index in [2.05, 4.69) is 22.1 Å². The Bertz CT molecular complexity index is 701. The third kappa shape index (κ3) is 3.58. The number of halogens is 1. The zero-order chi connectivity index (χ0) is 14.5. The normalized spacial score (nSPS) is 9.75.